The average Bonchev–Trinajstić information content (AvgIpc) is 2.39. The maximum atomic E-state index is 6.34. The second kappa shape index (κ2) is 7.78. The zero-order valence-corrected chi connectivity index (χ0v) is 12.5. The van der Waals surface area contributed by atoms with Gasteiger partial charge in [-0.05, 0) is 37.6 Å². The minimum atomic E-state index is 0.122. The van der Waals surface area contributed by atoms with Crippen molar-refractivity contribution in [3.63, 3.8) is 0 Å². The highest BCUT2D eigenvalue weighted by Gasteiger charge is 2.25. The Morgan fingerprint density at radius 1 is 1.22 bits per heavy atom. The molecule has 0 saturated heterocycles. The number of hydrogen-bond acceptors (Lipinski definition) is 2. The molecule has 0 fully saturated rings. The van der Waals surface area contributed by atoms with Gasteiger partial charge in [0, 0.05) is 11.1 Å². The number of hydrogen-bond donors (Lipinski definition) is 1. The molecule has 1 aromatic rings. The summed E-state index contributed by atoms with van der Waals surface area (Å²) in [5, 5.41) is 0.820. The molecule has 0 aliphatic rings. The summed E-state index contributed by atoms with van der Waals surface area (Å²) >= 11 is 6.34. The molecule has 2 atom stereocenters. The SMILES string of the molecule is CCCN(CC)C(c1ccccc1Cl)C(N)CC. The Morgan fingerprint density at radius 3 is 2.39 bits per heavy atom. The zero-order chi connectivity index (χ0) is 13.5. The molecule has 0 aliphatic carbocycles. The Hall–Kier alpha value is -0.570. The van der Waals surface area contributed by atoms with E-state index in [9.17, 15) is 0 Å². The minimum Gasteiger partial charge on any atom is -0.326 e. The molecule has 102 valence electrons. The van der Waals surface area contributed by atoms with E-state index in [1.54, 1.807) is 0 Å². The van der Waals surface area contributed by atoms with E-state index in [0.29, 0.717) is 0 Å². The Morgan fingerprint density at radius 2 is 1.89 bits per heavy atom. The minimum absolute atomic E-state index is 0.122. The van der Waals surface area contributed by atoms with Crippen molar-refractivity contribution in [1.82, 2.24) is 4.90 Å². The van der Waals surface area contributed by atoms with E-state index in [1.165, 1.54) is 0 Å². The molecule has 0 aromatic heterocycles. The fraction of sp³-hybridized carbons (Fsp3) is 0.600. The molecule has 0 amide bonds. The van der Waals surface area contributed by atoms with E-state index >= 15 is 0 Å². The largest absolute Gasteiger partial charge is 0.326 e. The fourth-order valence-electron chi connectivity index (χ4n) is 2.42. The van der Waals surface area contributed by atoms with Crippen molar-refractivity contribution in [2.24, 2.45) is 5.73 Å². The molecule has 0 heterocycles. The van der Waals surface area contributed by atoms with E-state index in [0.717, 1.165) is 36.5 Å². The average molecular weight is 269 g/mol. The van der Waals surface area contributed by atoms with E-state index in [4.69, 9.17) is 17.3 Å². The van der Waals surface area contributed by atoms with Crippen molar-refractivity contribution in [3.05, 3.63) is 34.9 Å². The van der Waals surface area contributed by atoms with E-state index < -0.39 is 0 Å². The number of rotatable bonds is 7. The Labute approximate surface area is 116 Å². The van der Waals surface area contributed by atoms with E-state index in [-0.39, 0.29) is 12.1 Å². The van der Waals surface area contributed by atoms with Crippen LogP contribution < -0.4 is 5.73 Å². The van der Waals surface area contributed by atoms with Crippen molar-refractivity contribution in [2.45, 2.75) is 45.7 Å². The van der Waals surface area contributed by atoms with Crippen molar-refractivity contribution >= 4 is 11.6 Å². The lowest BCUT2D eigenvalue weighted by atomic mass is 9.96. The summed E-state index contributed by atoms with van der Waals surface area (Å²) in [6.07, 6.45) is 2.08. The molecule has 0 saturated carbocycles. The highest BCUT2D eigenvalue weighted by Crippen LogP contribution is 2.30. The lowest BCUT2D eigenvalue weighted by Crippen LogP contribution is -2.41. The highest BCUT2D eigenvalue weighted by atomic mass is 35.5. The normalized spacial score (nSPS) is 14.8. The highest BCUT2D eigenvalue weighted by molar-refractivity contribution is 6.31. The predicted octanol–water partition coefficient (Wildman–Crippen LogP) is 3.85. The molecule has 18 heavy (non-hydrogen) atoms. The van der Waals surface area contributed by atoms with Gasteiger partial charge in [0.2, 0.25) is 0 Å². The molecule has 0 radical (unpaired) electrons. The summed E-state index contributed by atoms with van der Waals surface area (Å²) < 4.78 is 0. The lowest BCUT2D eigenvalue weighted by molar-refractivity contribution is 0.178. The van der Waals surface area contributed by atoms with Crippen LogP contribution in [0.15, 0.2) is 24.3 Å². The van der Waals surface area contributed by atoms with Crippen LogP contribution in [-0.2, 0) is 0 Å². The van der Waals surface area contributed by atoms with Crippen LogP contribution in [0.5, 0.6) is 0 Å². The predicted molar refractivity (Wildman–Crippen MR) is 80.0 cm³/mol. The molecule has 2 nitrogen and oxygen atoms in total. The van der Waals surface area contributed by atoms with Gasteiger partial charge in [0.1, 0.15) is 0 Å². The summed E-state index contributed by atoms with van der Waals surface area (Å²) in [6, 6.07) is 8.39. The van der Waals surface area contributed by atoms with Crippen molar-refractivity contribution in [1.29, 1.82) is 0 Å². The van der Waals surface area contributed by atoms with Crippen LogP contribution in [0.1, 0.15) is 45.2 Å². The monoisotopic (exact) mass is 268 g/mol. The third-order valence-corrected chi connectivity index (χ3v) is 3.76. The third kappa shape index (κ3) is 3.71. The number of halogens is 1. The van der Waals surface area contributed by atoms with Crippen LogP contribution >= 0.6 is 11.6 Å². The molecule has 3 heteroatoms. The number of benzene rings is 1. The first-order valence-corrected chi connectivity index (χ1v) is 7.27. The number of likely N-dealkylation sites (N-methyl/N-ethyl adjacent to an activating group) is 1. The zero-order valence-electron chi connectivity index (χ0n) is 11.7. The van der Waals surface area contributed by atoms with Crippen LogP contribution in [0, 0.1) is 0 Å². The van der Waals surface area contributed by atoms with Gasteiger partial charge >= 0.3 is 0 Å². The van der Waals surface area contributed by atoms with Crippen molar-refractivity contribution < 1.29 is 0 Å². The first-order chi connectivity index (χ1) is 8.65. The van der Waals surface area contributed by atoms with Crippen molar-refractivity contribution in [3.8, 4) is 0 Å². The lowest BCUT2D eigenvalue weighted by Gasteiger charge is -2.35. The molecule has 0 bridgehead atoms. The van der Waals surface area contributed by atoms with Gasteiger partial charge < -0.3 is 5.73 Å². The van der Waals surface area contributed by atoms with Gasteiger partial charge in [-0.1, -0.05) is 50.6 Å². The summed E-state index contributed by atoms with van der Waals surface area (Å²) in [6.45, 7) is 8.57. The van der Waals surface area contributed by atoms with Gasteiger partial charge in [-0.3, -0.25) is 4.90 Å². The summed E-state index contributed by atoms with van der Waals surface area (Å²) in [7, 11) is 0. The Bertz CT molecular complexity index is 354. The number of nitrogens with zero attached hydrogens (tertiary/aromatic N) is 1. The second-order valence-electron chi connectivity index (χ2n) is 4.67. The summed E-state index contributed by atoms with van der Waals surface area (Å²) in [4.78, 5) is 2.43. The van der Waals surface area contributed by atoms with Gasteiger partial charge in [0.05, 0.1) is 6.04 Å². The Balaban J connectivity index is 3.08. The molecular formula is C15H25ClN2. The maximum Gasteiger partial charge on any atom is 0.0513 e. The Kier molecular flexibility index (Phi) is 6.69. The summed E-state index contributed by atoms with van der Waals surface area (Å²) in [5.41, 5.74) is 7.48. The van der Waals surface area contributed by atoms with Gasteiger partial charge in [0.25, 0.3) is 0 Å². The molecule has 0 aliphatic heterocycles. The molecule has 2 N–H and O–H groups in total. The first-order valence-electron chi connectivity index (χ1n) is 6.89. The van der Waals surface area contributed by atoms with Crippen LogP contribution in [-0.4, -0.2) is 24.0 Å². The van der Waals surface area contributed by atoms with Gasteiger partial charge in [-0.25, -0.2) is 0 Å². The van der Waals surface area contributed by atoms with Gasteiger partial charge in [-0.15, -0.1) is 0 Å². The van der Waals surface area contributed by atoms with E-state index in [2.05, 4.69) is 31.7 Å². The van der Waals surface area contributed by atoms with Gasteiger partial charge in [0.15, 0.2) is 0 Å². The van der Waals surface area contributed by atoms with Crippen LogP contribution in [0.25, 0.3) is 0 Å². The number of nitrogens with two attached hydrogens (primary N) is 1. The molecule has 2 unspecified atom stereocenters. The van der Waals surface area contributed by atoms with Gasteiger partial charge in [-0.2, -0.15) is 0 Å². The van der Waals surface area contributed by atoms with E-state index in [1.807, 2.05) is 18.2 Å². The molecule has 1 aromatic carbocycles. The third-order valence-electron chi connectivity index (χ3n) is 3.41. The fourth-order valence-corrected chi connectivity index (χ4v) is 2.66. The standard InChI is InChI=1S/C15H25ClN2/c1-4-11-18(6-3)15(14(17)5-2)12-9-7-8-10-13(12)16/h7-10,14-15H,4-6,11,17H2,1-3H3. The van der Waals surface area contributed by atoms with Crippen LogP contribution in [0.3, 0.4) is 0 Å². The van der Waals surface area contributed by atoms with Crippen molar-refractivity contribution in [2.75, 3.05) is 13.1 Å². The maximum absolute atomic E-state index is 6.34. The molecular weight excluding hydrogens is 244 g/mol. The first kappa shape index (κ1) is 15.5. The van der Waals surface area contributed by atoms with Crippen LogP contribution in [0.4, 0.5) is 0 Å². The second-order valence-corrected chi connectivity index (χ2v) is 5.07. The quantitative estimate of drug-likeness (QED) is 0.814. The summed E-state index contributed by atoms with van der Waals surface area (Å²) in [5.74, 6) is 0. The van der Waals surface area contributed by atoms with Crippen LogP contribution in [0.2, 0.25) is 5.02 Å². The smallest absolute Gasteiger partial charge is 0.0513 e. The molecule has 0 spiro atoms. The molecule has 1 rings (SSSR count). The topological polar surface area (TPSA) is 29.3 Å².